The molecule has 0 atom stereocenters. The van der Waals surface area contributed by atoms with Crippen molar-refractivity contribution in [3.63, 3.8) is 0 Å². The van der Waals surface area contributed by atoms with Gasteiger partial charge in [0.2, 0.25) is 0 Å². The average molecular weight is 370 g/mol. The second-order valence-corrected chi connectivity index (χ2v) is 5.89. The zero-order chi connectivity index (χ0) is 19.6. The van der Waals surface area contributed by atoms with Crippen molar-refractivity contribution in [1.82, 2.24) is 4.98 Å². The van der Waals surface area contributed by atoms with Gasteiger partial charge in [0.1, 0.15) is 41.4 Å². The molecule has 1 N–H and O–H groups in total. The second kappa shape index (κ2) is 7.38. The molecule has 1 aromatic heterocycles. The molecule has 0 aliphatic carbocycles. The van der Waals surface area contributed by atoms with Crippen LogP contribution in [0.2, 0.25) is 0 Å². The summed E-state index contributed by atoms with van der Waals surface area (Å²) in [6.07, 6.45) is 0. The van der Waals surface area contributed by atoms with Crippen LogP contribution < -0.4 is 10.3 Å². The number of hydrogen-bond donors (Lipinski definition) is 1. The smallest absolute Gasteiger partial charge is 0.266 e. The summed E-state index contributed by atoms with van der Waals surface area (Å²) < 4.78 is 45.9. The molecular weight excluding hydrogens is 357 g/mol. The van der Waals surface area contributed by atoms with Gasteiger partial charge < -0.3 is 9.72 Å². The molecule has 0 aliphatic rings. The highest BCUT2D eigenvalue weighted by molar-refractivity contribution is 5.75. The van der Waals surface area contributed by atoms with Crippen LogP contribution in [0.1, 0.15) is 16.8 Å². The van der Waals surface area contributed by atoms with Crippen LogP contribution in [-0.2, 0) is 6.61 Å². The number of aromatic nitrogens is 1. The fourth-order valence-electron chi connectivity index (χ4n) is 2.71. The van der Waals surface area contributed by atoms with Gasteiger partial charge in [0.25, 0.3) is 5.56 Å². The monoisotopic (exact) mass is 370 g/mol. The standard InChI is InChI=1S/C20H13F3N2O2/c1-11-4-17(18(9-24)20(26)25-11)16-3-2-13(21)8-19(16)27-10-12-5-14(22)7-15(23)6-12/h2-8H,10H2,1H3,(H,25,26). The first-order valence-electron chi connectivity index (χ1n) is 7.89. The molecule has 7 heteroatoms. The summed E-state index contributed by atoms with van der Waals surface area (Å²) in [4.78, 5) is 14.5. The van der Waals surface area contributed by atoms with Crippen molar-refractivity contribution in [1.29, 1.82) is 5.26 Å². The Kier molecular flexibility index (Phi) is 4.99. The first-order valence-corrected chi connectivity index (χ1v) is 7.89. The van der Waals surface area contributed by atoms with Gasteiger partial charge in [0.15, 0.2) is 0 Å². The fourth-order valence-corrected chi connectivity index (χ4v) is 2.71. The highest BCUT2D eigenvalue weighted by Crippen LogP contribution is 2.33. The molecule has 2 aromatic carbocycles. The molecule has 0 spiro atoms. The third-order valence-corrected chi connectivity index (χ3v) is 3.83. The number of nitrogens with zero attached hydrogens (tertiary/aromatic N) is 1. The summed E-state index contributed by atoms with van der Waals surface area (Å²) in [5.74, 6) is -2.07. The van der Waals surface area contributed by atoms with Gasteiger partial charge in [-0.25, -0.2) is 13.2 Å². The summed E-state index contributed by atoms with van der Waals surface area (Å²) in [5, 5.41) is 9.30. The molecule has 0 amide bonds. The largest absolute Gasteiger partial charge is 0.488 e. The minimum absolute atomic E-state index is 0.0427. The van der Waals surface area contributed by atoms with Crippen LogP contribution in [0.15, 0.2) is 47.3 Å². The third-order valence-electron chi connectivity index (χ3n) is 3.83. The van der Waals surface area contributed by atoms with Crippen LogP contribution in [0.4, 0.5) is 13.2 Å². The molecule has 0 radical (unpaired) electrons. The summed E-state index contributed by atoms with van der Waals surface area (Å²) in [6, 6.07) is 9.96. The van der Waals surface area contributed by atoms with Crippen LogP contribution in [-0.4, -0.2) is 4.98 Å². The molecule has 3 rings (SSSR count). The normalized spacial score (nSPS) is 10.5. The number of hydrogen-bond acceptors (Lipinski definition) is 3. The quantitative estimate of drug-likeness (QED) is 0.748. The maximum atomic E-state index is 13.7. The van der Waals surface area contributed by atoms with Crippen LogP contribution >= 0.6 is 0 Å². The van der Waals surface area contributed by atoms with Gasteiger partial charge in [0.05, 0.1) is 0 Å². The first-order chi connectivity index (χ1) is 12.9. The van der Waals surface area contributed by atoms with Crippen molar-refractivity contribution in [2.75, 3.05) is 0 Å². The Morgan fingerprint density at radius 3 is 2.37 bits per heavy atom. The average Bonchev–Trinajstić information content (AvgIpc) is 2.58. The molecule has 0 saturated carbocycles. The lowest BCUT2D eigenvalue weighted by Crippen LogP contribution is -2.13. The fraction of sp³-hybridized carbons (Fsp3) is 0.100. The number of aryl methyl sites for hydroxylation is 1. The number of nitriles is 1. The third kappa shape index (κ3) is 4.01. The highest BCUT2D eigenvalue weighted by atomic mass is 19.1. The number of H-pyrrole nitrogens is 1. The Balaban J connectivity index is 2.05. The predicted molar refractivity (Wildman–Crippen MR) is 92.6 cm³/mol. The molecule has 3 aromatic rings. The van der Waals surface area contributed by atoms with Gasteiger partial charge in [-0.15, -0.1) is 0 Å². The van der Waals surface area contributed by atoms with Gasteiger partial charge in [-0.3, -0.25) is 4.79 Å². The Morgan fingerprint density at radius 1 is 1.00 bits per heavy atom. The number of aromatic amines is 1. The van der Waals surface area contributed by atoms with Gasteiger partial charge in [-0.2, -0.15) is 5.26 Å². The van der Waals surface area contributed by atoms with Crippen molar-refractivity contribution in [3.05, 3.63) is 87.1 Å². The Hall–Kier alpha value is -3.53. The molecule has 1 heterocycles. The molecule has 27 heavy (non-hydrogen) atoms. The zero-order valence-corrected chi connectivity index (χ0v) is 14.1. The minimum Gasteiger partial charge on any atom is -0.488 e. The van der Waals surface area contributed by atoms with Crippen LogP contribution in [0.5, 0.6) is 5.75 Å². The van der Waals surface area contributed by atoms with E-state index in [0.717, 1.165) is 24.3 Å². The summed E-state index contributed by atoms with van der Waals surface area (Å²) in [5.41, 5.74) is 0.601. The molecular formula is C20H13F3N2O2. The second-order valence-electron chi connectivity index (χ2n) is 5.89. The van der Waals surface area contributed by atoms with Crippen molar-refractivity contribution in [2.45, 2.75) is 13.5 Å². The van der Waals surface area contributed by atoms with E-state index < -0.39 is 23.0 Å². The number of halogens is 3. The number of ether oxygens (including phenoxy) is 1. The predicted octanol–water partition coefficient (Wildman–Crippen LogP) is 4.22. The Morgan fingerprint density at radius 2 is 1.70 bits per heavy atom. The van der Waals surface area contributed by atoms with Crippen LogP contribution in [0, 0.1) is 35.7 Å². The van der Waals surface area contributed by atoms with E-state index in [1.54, 1.807) is 13.0 Å². The Bertz CT molecular complexity index is 1100. The van der Waals surface area contributed by atoms with E-state index in [0.29, 0.717) is 11.3 Å². The molecule has 0 fully saturated rings. The van der Waals surface area contributed by atoms with Crippen molar-refractivity contribution in [2.24, 2.45) is 0 Å². The maximum absolute atomic E-state index is 13.7. The van der Waals surface area contributed by atoms with Gasteiger partial charge in [-0.1, -0.05) is 0 Å². The topological polar surface area (TPSA) is 65.9 Å². The Labute approximate surface area is 152 Å². The molecule has 0 aliphatic heterocycles. The lowest BCUT2D eigenvalue weighted by Gasteiger charge is -2.13. The molecule has 0 saturated heterocycles. The highest BCUT2D eigenvalue weighted by Gasteiger charge is 2.16. The number of rotatable bonds is 4. The lowest BCUT2D eigenvalue weighted by atomic mass is 10.00. The van der Waals surface area contributed by atoms with Crippen molar-refractivity contribution >= 4 is 0 Å². The lowest BCUT2D eigenvalue weighted by molar-refractivity contribution is 0.304. The molecule has 0 unspecified atom stereocenters. The van der Waals surface area contributed by atoms with Crippen LogP contribution in [0.3, 0.4) is 0 Å². The number of nitrogens with one attached hydrogen (secondary N) is 1. The number of benzene rings is 2. The minimum atomic E-state index is -0.759. The van der Waals surface area contributed by atoms with E-state index in [2.05, 4.69) is 4.98 Å². The molecule has 0 bridgehead atoms. The van der Waals surface area contributed by atoms with E-state index in [1.807, 2.05) is 6.07 Å². The van der Waals surface area contributed by atoms with E-state index in [4.69, 9.17) is 4.74 Å². The zero-order valence-electron chi connectivity index (χ0n) is 14.1. The van der Waals surface area contributed by atoms with Crippen molar-refractivity contribution < 1.29 is 17.9 Å². The van der Waals surface area contributed by atoms with E-state index >= 15 is 0 Å². The summed E-state index contributed by atoms with van der Waals surface area (Å²) in [7, 11) is 0. The maximum Gasteiger partial charge on any atom is 0.266 e. The van der Waals surface area contributed by atoms with Gasteiger partial charge in [-0.05, 0) is 42.8 Å². The summed E-state index contributed by atoms with van der Waals surface area (Å²) in [6.45, 7) is 1.42. The molecule has 136 valence electrons. The van der Waals surface area contributed by atoms with Gasteiger partial charge in [0, 0.05) is 29.0 Å². The summed E-state index contributed by atoms with van der Waals surface area (Å²) >= 11 is 0. The van der Waals surface area contributed by atoms with E-state index in [1.165, 1.54) is 12.1 Å². The number of pyridine rings is 1. The van der Waals surface area contributed by atoms with E-state index in [9.17, 15) is 23.2 Å². The van der Waals surface area contributed by atoms with Gasteiger partial charge >= 0.3 is 0 Å². The first kappa shape index (κ1) is 18.3. The molecule has 4 nitrogen and oxygen atoms in total. The van der Waals surface area contributed by atoms with E-state index in [-0.39, 0.29) is 29.0 Å². The SMILES string of the molecule is Cc1cc(-c2ccc(F)cc2OCc2cc(F)cc(F)c2)c(C#N)c(=O)[nH]1. The van der Waals surface area contributed by atoms with Crippen molar-refractivity contribution in [3.8, 4) is 22.9 Å². The van der Waals surface area contributed by atoms with Crippen LogP contribution in [0.25, 0.3) is 11.1 Å².